The molecule has 16 heavy (non-hydrogen) atoms. The molecule has 1 atom stereocenters. The van der Waals surface area contributed by atoms with E-state index >= 15 is 0 Å². The van der Waals surface area contributed by atoms with Crippen LogP contribution in [0.2, 0.25) is 0 Å². The van der Waals surface area contributed by atoms with E-state index in [9.17, 15) is 4.79 Å². The van der Waals surface area contributed by atoms with E-state index in [4.69, 9.17) is 0 Å². The van der Waals surface area contributed by atoms with Crippen LogP contribution >= 0.6 is 0 Å². The monoisotopic (exact) mass is 225 g/mol. The van der Waals surface area contributed by atoms with Crippen LogP contribution in [-0.2, 0) is 4.79 Å². The van der Waals surface area contributed by atoms with E-state index in [1.54, 1.807) is 0 Å². The number of nitrogens with zero attached hydrogens (tertiary/aromatic N) is 1. The zero-order valence-corrected chi connectivity index (χ0v) is 10.2. The van der Waals surface area contributed by atoms with Crippen molar-refractivity contribution in [3.8, 4) is 0 Å². The Hall–Kier alpha value is -0.610. The van der Waals surface area contributed by atoms with Gasteiger partial charge < -0.3 is 15.5 Å². The van der Waals surface area contributed by atoms with E-state index in [0.29, 0.717) is 18.3 Å². The molecule has 4 nitrogen and oxygen atoms in total. The Morgan fingerprint density at radius 2 is 2.25 bits per heavy atom. The summed E-state index contributed by atoms with van der Waals surface area (Å²) >= 11 is 0. The highest BCUT2D eigenvalue weighted by molar-refractivity contribution is 5.76. The Labute approximate surface area is 97.8 Å². The third-order valence-corrected chi connectivity index (χ3v) is 3.75. The second-order valence-corrected chi connectivity index (χ2v) is 5.08. The minimum absolute atomic E-state index is 0.237. The molecule has 0 aromatic rings. The van der Waals surface area contributed by atoms with Crippen LogP contribution in [0.25, 0.3) is 0 Å². The fourth-order valence-electron chi connectivity index (χ4n) is 2.45. The molecule has 0 saturated carbocycles. The molecule has 2 saturated heterocycles. The Balaban J connectivity index is 1.58. The van der Waals surface area contributed by atoms with E-state index in [1.807, 2.05) is 0 Å². The Morgan fingerprint density at radius 1 is 1.44 bits per heavy atom. The molecule has 2 heterocycles. The molecular formula is C12H23N3O. The Kier molecular flexibility index (Phi) is 4.18. The molecule has 4 heteroatoms. The van der Waals surface area contributed by atoms with Gasteiger partial charge in [-0.1, -0.05) is 6.92 Å². The highest BCUT2D eigenvalue weighted by atomic mass is 16.1. The predicted octanol–water partition coefficient (Wildman–Crippen LogP) is 0.0539. The van der Waals surface area contributed by atoms with Crippen LogP contribution in [0.5, 0.6) is 0 Å². The normalized spacial score (nSPS) is 26.7. The summed E-state index contributed by atoms with van der Waals surface area (Å²) in [5.74, 6) is 1.49. The Bertz CT molecular complexity index is 240. The van der Waals surface area contributed by atoms with Crippen LogP contribution < -0.4 is 10.6 Å². The fourth-order valence-corrected chi connectivity index (χ4v) is 2.45. The molecule has 0 aromatic heterocycles. The van der Waals surface area contributed by atoms with Crippen molar-refractivity contribution >= 4 is 5.91 Å². The fraction of sp³-hybridized carbons (Fsp3) is 0.917. The lowest BCUT2D eigenvalue weighted by molar-refractivity contribution is -0.122. The first-order valence-electron chi connectivity index (χ1n) is 6.47. The van der Waals surface area contributed by atoms with Crippen molar-refractivity contribution in [1.29, 1.82) is 0 Å². The quantitative estimate of drug-likeness (QED) is 0.695. The molecule has 2 N–H and O–H groups in total. The first-order valence-corrected chi connectivity index (χ1v) is 6.47. The van der Waals surface area contributed by atoms with E-state index in [-0.39, 0.29) is 5.91 Å². The summed E-state index contributed by atoms with van der Waals surface area (Å²) in [7, 11) is 0. The predicted molar refractivity (Wildman–Crippen MR) is 64.2 cm³/mol. The van der Waals surface area contributed by atoms with Gasteiger partial charge in [-0.05, 0) is 44.4 Å². The molecule has 1 amide bonds. The van der Waals surface area contributed by atoms with Crippen molar-refractivity contribution < 1.29 is 4.79 Å². The minimum Gasteiger partial charge on any atom is -0.356 e. The zero-order valence-electron chi connectivity index (χ0n) is 10.2. The van der Waals surface area contributed by atoms with Gasteiger partial charge in [0.1, 0.15) is 0 Å². The second kappa shape index (κ2) is 5.64. The van der Waals surface area contributed by atoms with Gasteiger partial charge in [-0.2, -0.15) is 0 Å². The van der Waals surface area contributed by atoms with Crippen LogP contribution in [0.1, 0.15) is 19.8 Å². The summed E-state index contributed by atoms with van der Waals surface area (Å²) in [5, 5.41) is 6.27. The first-order chi connectivity index (χ1) is 7.78. The van der Waals surface area contributed by atoms with Crippen molar-refractivity contribution in [2.75, 3.05) is 39.3 Å². The standard InChI is InChI=1S/C12H23N3O/c1-2-15-4-3-10(9-15)8-14-12(16)5-11-6-13-7-11/h10-11,13H,2-9H2,1H3,(H,14,16). The molecule has 2 aliphatic heterocycles. The lowest BCUT2D eigenvalue weighted by Crippen LogP contribution is -2.45. The maximum atomic E-state index is 11.6. The van der Waals surface area contributed by atoms with Gasteiger partial charge in [-0.3, -0.25) is 4.79 Å². The summed E-state index contributed by atoms with van der Waals surface area (Å²) in [6.07, 6.45) is 1.94. The SMILES string of the molecule is CCN1CCC(CNC(=O)CC2CNC2)C1. The lowest BCUT2D eigenvalue weighted by atomic mass is 9.99. The molecule has 92 valence electrons. The second-order valence-electron chi connectivity index (χ2n) is 5.08. The van der Waals surface area contributed by atoms with Gasteiger partial charge in [0.15, 0.2) is 0 Å². The van der Waals surface area contributed by atoms with Crippen molar-refractivity contribution in [1.82, 2.24) is 15.5 Å². The number of carbonyl (C=O) groups excluding carboxylic acids is 1. The van der Waals surface area contributed by atoms with E-state index < -0.39 is 0 Å². The molecule has 1 unspecified atom stereocenters. The number of carbonyl (C=O) groups is 1. The molecular weight excluding hydrogens is 202 g/mol. The number of hydrogen-bond donors (Lipinski definition) is 2. The summed E-state index contributed by atoms with van der Waals surface area (Å²) in [6.45, 7) is 8.59. The number of amides is 1. The minimum atomic E-state index is 0.237. The van der Waals surface area contributed by atoms with E-state index in [0.717, 1.165) is 32.7 Å². The molecule has 0 bridgehead atoms. The van der Waals surface area contributed by atoms with Crippen molar-refractivity contribution in [2.45, 2.75) is 19.8 Å². The molecule has 0 spiro atoms. The lowest BCUT2D eigenvalue weighted by Gasteiger charge is -2.26. The molecule has 0 radical (unpaired) electrons. The van der Waals surface area contributed by atoms with Crippen LogP contribution in [0.3, 0.4) is 0 Å². The van der Waals surface area contributed by atoms with Crippen LogP contribution in [-0.4, -0.2) is 50.1 Å². The number of rotatable bonds is 5. The maximum Gasteiger partial charge on any atom is 0.220 e. The van der Waals surface area contributed by atoms with E-state index in [1.165, 1.54) is 13.0 Å². The zero-order chi connectivity index (χ0) is 11.4. The van der Waals surface area contributed by atoms with Gasteiger partial charge in [0, 0.05) is 19.5 Å². The smallest absolute Gasteiger partial charge is 0.220 e. The molecule has 2 aliphatic rings. The van der Waals surface area contributed by atoms with Gasteiger partial charge in [0.25, 0.3) is 0 Å². The molecule has 2 rings (SSSR count). The summed E-state index contributed by atoms with van der Waals surface area (Å²) in [4.78, 5) is 14.1. The van der Waals surface area contributed by atoms with Crippen molar-refractivity contribution in [3.05, 3.63) is 0 Å². The third kappa shape index (κ3) is 3.19. The van der Waals surface area contributed by atoms with Gasteiger partial charge in [0.05, 0.1) is 0 Å². The van der Waals surface area contributed by atoms with Gasteiger partial charge in [-0.25, -0.2) is 0 Å². The summed E-state index contributed by atoms with van der Waals surface area (Å²) in [5.41, 5.74) is 0. The van der Waals surface area contributed by atoms with Gasteiger partial charge >= 0.3 is 0 Å². The Morgan fingerprint density at radius 3 is 2.81 bits per heavy atom. The van der Waals surface area contributed by atoms with Crippen LogP contribution in [0.15, 0.2) is 0 Å². The average Bonchev–Trinajstić information content (AvgIpc) is 2.68. The van der Waals surface area contributed by atoms with E-state index in [2.05, 4.69) is 22.5 Å². The first kappa shape index (κ1) is 11.9. The number of nitrogens with one attached hydrogen (secondary N) is 2. The van der Waals surface area contributed by atoms with Crippen LogP contribution in [0, 0.1) is 11.8 Å². The third-order valence-electron chi connectivity index (χ3n) is 3.75. The highest BCUT2D eigenvalue weighted by Gasteiger charge is 2.23. The maximum absolute atomic E-state index is 11.6. The average molecular weight is 225 g/mol. The van der Waals surface area contributed by atoms with Crippen LogP contribution in [0.4, 0.5) is 0 Å². The molecule has 0 aliphatic carbocycles. The largest absolute Gasteiger partial charge is 0.356 e. The van der Waals surface area contributed by atoms with Crippen molar-refractivity contribution in [2.24, 2.45) is 11.8 Å². The summed E-state index contributed by atoms with van der Waals surface area (Å²) in [6, 6.07) is 0. The summed E-state index contributed by atoms with van der Waals surface area (Å²) < 4.78 is 0. The van der Waals surface area contributed by atoms with Crippen molar-refractivity contribution in [3.63, 3.8) is 0 Å². The molecule has 2 fully saturated rings. The topological polar surface area (TPSA) is 44.4 Å². The number of likely N-dealkylation sites (tertiary alicyclic amines) is 1. The number of hydrogen-bond acceptors (Lipinski definition) is 3. The highest BCUT2D eigenvalue weighted by Crippen LogP contribution is 2.15. The van der Waals surface area contributed by atoms with Gasteiger partial charge in [-0.15, -0.1) is 0 Å². The van der Waals surface area contributed by atoms with Gasteiger partial charge in [0.2, 0.25) is 5.91 Å². The molecule has 0 aromatic carbocycles.